The van der Waals surface area contributed by atoms with Crippen LogP contribution in [0.2, 0.25) is 0 Å². The van der Waals surface area contributed by atoms with Crippen LogP contribution in [0, 0.1) is 35.8 Å². The van der Waals surface area contributed by atoms with E-state index in [1.54, 1.807) is 24.3 Å². The van der Waals surface area contributed by atoms with Gasteiger partial charge in [0.25, 0.3) is 0 Å². The van der Waals surface area contributed by atoms with E-state index >= 15 is 0 Å². The first-order valence-electron chi connectivity index (χ1n) is 19.8. The molecule has 0 radical (unpaired) electrons. The predicted octanol–water partition coefficient (Wildman–Crippen LogP) is 13.9. The monoisotopic (exact) mass is 802 g/mol. The Morgan fingerprint density at radius 2 is 0.677 bits per heavy atom. The van der Waals surface area contributed by atoms with Gasteiger partial charge < -0.3 is 19.6 Å². The number of hydrogen-bond acceptors (Lipinski definition) is 6. The van der Waals surface area contributed by atoms with Crippen LogP contribution in [0.3, 0.4) is 0 Å². The molecule has 0 spiro atoms. The van der Waals surface area contributed by atoms with Crippen molar-refractivity contribution in [3.05, 3.63) is 214 Å². The lowest BCUT2D eigenvalue weighted by atomic mass is 9.92. The first-order valence-corrected chi connectivity index (χ1v) is 19.8. The van der Waals surface area contributed by atoms with Crippen molar-refractivity contribution in [2.45, 2.75) is 0 Å². The second-order valence-electron chi connectivity index (χ2n) is 14.7. The molecule has 7 aromatic rings. The van der Waals surface area contributed by atoms with Crippen LogP contribution in [0.1, 0.15) is 33.4 Å². The van der Waals surface area contributed by atoms with E-state index in [-0.39, 0.29) is 33.6 Å². The van der Waals surface area contributed by atoms with Gasteiger partial charge in [-0.1, -0.05) is 85.0 Å². The number of para-hydroxylation sites is 2. The van der Waals surface area contributed by atoms with E-state index in [0.717, 1.165) is 56.6 Å². The van der Waals surface area contributed by atoms with Crippen LogP contribution in [-0.2, 0) is 0 Å². The number of benzene rings is 7. The molecule has 8 nitrogen and oxygen atoms in total. The van der Waals surface area contributed by atoms with Gasteiger partial charge in [0.15, 0.2) is 0 Å². The number of anilines is 8. The van der Waals surface area contributed by atoms with Gasteiger partial charge in [-0.15, -0.1) is 0 Å². The Hall–Kier alpha value is -8.82. The summed E-state index contributed by atoms with van der Waals surface area (Å²) in [7, 11) is 8.06. The molecular weight excluding hydrogens is 761 g/mol. The van der Waals surface area contributed by atoms with Gasteiger partial charge in [0, 0.05) is 73.7 Å². The molecule has 0 bridgehead atoms. The molecule has 0 heterocycles. The highest BCUT2D eigenvalue weighted by Crippen LogP contribution is 2.42. The second kappa shape index (κ2) is 18.8. The first-order chi connectivity index (χ1) is 30.2. The maximum Gasteiger partial charge on any atom is 0.202 e. The van der Waals surface area contributed by atoms with Crippen molar-refractivity contribution in [2.24, 2.45) is 0 Å². The molecule has 0 saturated heterocycles. The minimum atomic E-state index is 0.0237. The van der Waals surface area contributed by atoms with Crippen LogP contribution in [0.25, 0.3) is 34.0 Å². The maximum absolute atomic E-state index is 10.4. The van der Waals surface area contributed by atoms with Crippen molar-refractivity contribution in [2.75, 3.05) is 47.8 Å². The smallest absolute Gasteiger partial charge is 0.202 e. The molecule has 8 heteroatoms. The Bertz CT molecular complexity index is 2650. The van der Waals surface area contributed by atoms with E-state index in [9.17, 15) is 10.5 Å². The van der Waals surface area contributed by atoms with Gasteiger partial charge in [0.05, 0.1) is 36.4 Å². The third-order valence-electron chi connectivity index (χ3n) is 10.4. The van der Waals surface area contributed by atoms with Crippen LogP contribution in [-0.4, -0.2) is 28.2 Å². The largest absolute Gasteiger partial charge is 0.378 e. The number of rotatable bonds is 12. The Balaban J connectivity index is 1.19. The number of nitriles is 2. The average molecular weight is 803 g/mol. The molecule has 0 atom stereocenters. The summed E-state index contributed by atoms with van der Waals surface area (Å²) in [4.78, 5) is 16.0. The molecule has 0 aliphatic heterocycles. The first kappa shape index (κ1) is 41.3. The van der Waals surface area contributed by atoms with Gasteiger partial charge in [0.2, 0.25) is 11.4 Å². The number of hydrogen-bond donors (Lipinski definition) is 0. The van der Waals surface area contributed by atoms with Crippen molar-refractivity contribution in [1.82, 2.24) is 0 Å². The summed E-state index contributed by atoms with van der Waals surface area (Å²) in [5, 5.41) is 20.9. The minimum Gasteiger partial charge on any atom is -0.378 e. The fourth-order valence-corrected chi connectivity index (χ4v) is 7.22. The molecule has 0 aliphatic carbocycles. The molecule has 0 saturated carbocycles. The highest BCUT2D eigenvalue weighted by molar-refractivity contribution is 5.96. The predicted molar refractivity (Wildman–Crippen MR) is 257 cm³/mol. The maximum atomic E-state index is 10.4. The molecule has 0 N–H and O–H groups in total. The lowest BCUT2D eigenvalue weighted by Gasteiger charge is -2.26. The molecule has 7 aromatic carbocycles. The Morgan fingerprint density at radius 3 is 0.984 bits per heavy atom. The van der Waals surface area contributed by atoms with E-state index in [2.05, 4.69) is 114 Å². The van der Waals surface area contributed by atoms with Crippen LogP contribution >= 0.6 is 0 Å². The summed E-state index contributed by atoms with van der Waals surface area (Å²) in [6.07, 6.45) is 6.91. The summed E-state index contributed by atoms with van der Waals surface area (Å²) in [5.41, 5.74) is 10.4. The van der Waals surface area contributed by atoms with Gasteiger partial charge in [-0.25, -0.2) is 9.69 Å². The van der Waals surface area contributed by atoms with E-state index in [1.807, 2.05) is 113 Å². The van der Waals surface area contributed by atoms with Gasteiger partial charge in [-0.3, -0.25) is 0 Å². The van der Waals surface area contributed by atoms with E-state index in [4.69, 9.17) is 13.1 Å². The van der Waals surface area contributed by atoms with Gasteiger partial charge in [0.1, 0.15) is 0 Å². The van der Waals surface area contributed by atoms with Gasteiger partial charge in [-0.05, 0) is 119 Å². The molecule has 298 valence electrons. The Labute approximate surface area is 364 Å². The highest BCUT2D eigenvalue weighted by atomic mass is 15.1. The van der Waals surface area contributed by atoms with Crippen LogP contribution in [0.15, 0.2) is 158 Å². The van der Waals surface area contributed by atoms with E-state index in [1.165, 1.54) is 0 Å². The van der Waals surface area contributed by atoms with Crippen molar-refractivity contribution >= 4 is 81.2 Å². The zero-order valence-corrected chi connectivity index (χ0v) is 34.9. The van der Waals surface area contributed by atoms with Crippen molar-refractivity contribution < 1.29 is 0 Å². The average Bonchev–Trinajstić information content (AvgIpc) is 3.31. The molecular formula is C54H42N8. The standard InChI is InChI=1S/C54H42N8/c1-57-53-50(36-22-40-19-25-46(26-20-40)62(44-15-11-8-12-16-44)48-33-29-42(30-34-48)60(5)6)54(58-2)52(38-56)49(51(53)37-55)35-21-39-17-23-45(24-18-39)61(43-13-9-7-10-14-43)47-31-27-41(28-32-47)59(3)4/h7-36H,3-6H3. The Kier molecular flexibility index (Phi) is 12.6. The molecule has 0 fully saturated rings. The second-order valence-corrected chi connectivity index (χ2v) is 14.7. The molecule has 0 aliphatic rings. The quantitative estimate of drug-likeness (QED) is 0.0905. The zero-order chi connectivity index (χ0) is 43.6. The molecule has 0 unspecified atom stereocenters. The topological polar surface area (TPSA) is 69.3 Å². The lowest BCUT2D eigenvalue weighted by molar-refractivity contribution is 1.13. The van der Waals surface area contributed by atoms with E-state index < -0.39 is 0 Å². The minimum absolute atomic E-state index is 0.0237. The van der Waals surface area contributed by atoms with Crippen LogP contribution in [0.5, 0.6) is 0 Å². The lowest BCUT2D eigenvalue weighted by Crippen LogP contribution is -2.11. The molecule has 0 amide bonds. The van der Waals surface area contributed by atoms with Gasteiger partial charge >= 0.3 is 0 Å². The van der Waals surface area contributed by atoms with Crippen LogP contribution < -0.4 is 19.6 Å². The fourth-order valence-electron chi connectivity index (χ4n) is 7.22. The summed E-state index contributed by atoms with van der Waals surface area (Å²) < 4.78 is 0. The summed E-state index contributed by atoms with van der Waals surface area (Å²) >= 11 is 0. The Morgan fingerprint density at radius 1 is 0.387 bits per heavy atom. The van der Waals surface area contributed by atoms with Crippen molar-refractivity contribution in [1.29, 1.82) is 10.5 Å². The van der Waals surface area contributed by atoms with E-state index in [0.29, 0.717) is 0 Å². The molecule has 62 heavy (non-hydrogen) atoms. The van der Waals surface area contributed by atoms with Crippen molar-refractivity contribution in [3.8, 4) is 12.1 Å². The SMILES string of the molecule is [C-]#[N+]c1c(C#N)c(C=Cc2ccc(N(c3ccccc3)c3ccc(N(C)C)cc3)cc2)c(C#N)c([N+]#[C-])c1C=Cc1ccc(N(c2ccccc2)c2ccc(N(C)C)cc2)cc1. The summed E-state index contributed by atoms with van der Waals surface area (Å²) in [6.45, 7) is 16.3. The van der Waals surface area contributed by atoms with Gasteiger partial charge in [-0.2, -0.15) is 10.5 Å². The van der Waals surface area contributed by atoms with Crippen molar-refractivity contribution in [3.63, 3.8) is 0 Å². The third kappa shape index (κ3) is 8.78. The number of nitrogens with zero attached hydrogens (tertiary/aromatic N) is 8. The summed E-state index contributed by atoms with van der Waals surface area (Å²) in [6, 6.07) is 57.2. The molecule has 7 rings (SSSR count). The fraction of sp³-hybridized carbons (Fsp3) is 0.0741. The van der Waals surface area contributed by atoms with Crippen LogP contribution in [0.4, 0.5) is 56.9 Å². The normalized spacial score (nSPS) is 10.7. The highest BCUT2D eigenvalue weighted by Gasteiger charge is 2.22. The summed E-state index contributed by atoms with van der Waals surface area (Å²) in [5.74, 6) is 0. The molecule has 0 aromatic heterocycles. The zero-order valence-electron chi connectivity index (χ0n) is 34.9. The third-order valence-corrected chi connectivity index (χ3v) is 10.4.